The van der Waals surface area contributed by atoms with Crippen LogP contribution in [0.2, 0.25) is 0 Å². The third kappa shape index (κ3) is 3.76. The molecule has 6 heteroatoms. The molecule has 1 aliphatic carbocycles. The van der Waals surface area contributed by atoms with Gasteiger partial charge in [0.1, 0.15) is 5.82 Å². The third-order valence-electron chi connectivity index (χ3n) is 3.63. The first-order chi connectivity index (χ1) is 9.39. The topological polar surface area (TPSA) is 55.1 Å². The highest BCUT2D eigenvalue weighted by Gasteiger charge is 2.30. The lowest BCUT2D eigenvalue weighted by molar-refractivity contribution is -0.117. The minimum atomic E-state index is -0.806. The Morgan fingerprint density at radius 2 is 1.95 bits per heavy atom. The molecule has 0 aliphatic heterocycles. The Hall–Kier alpha value is -1.01. The molecule has 1 saturated carbocycles. The minimum absolute atomic E-state index is 0.0455. The summed E-state index contributed by atoms with van der Waals surface area (Å²) >= 11 is 3.04. The van der Waals surface area contributed by atoms with Gasteiger partial charge >= 0.3 is 0 Å². The lowest BCUT2D eigenvalue weighted by Crippen LogP contribution is -2.44. The van der Waals surface area contributed by atoms with Gasteiger partial charge in [-0.25, -0.2) is 8.78 Å². The third-order valence-corrected chi connectivity index (χ3v) is 4.26. The molecule has 1 aromatic carbocycles. The monoisotopic (exact) mass is 346 g/mol. The number of halogens is 3. The van der Waals surface area contributed by atoms with Gasteiger partial charge in [-0.1, -0.05) is 19.3 Å². The number of hydrogen-bond donors (Lipinski definition) is 2. The van der Waals surface area contributed by atoms with Crippen LogP contribution >= 0.6 is 15.9 Å². The molecule has 0 unspecified atom stereocenters. The molecule has 110 valence electrons. The highest BCUT2D eigenvalue weighted by Crippen LogP contribution is 2.31. The van der Waals surface area contributed by atoms with Gasteiger partial charge in [0.05, 0.1) is 5.69 Å². The molecule has 3 N–H and O–H groups in total. The first-order valence-electron chi connectivity index (χ1n) is 6.63. The van der Waals surface area contributed by atoms with Gasteiger partial charge in [-0.2, -0.15) is 0 Å². The molecule has 0 aromatic heterocycles. The minimum Gasteiger partial charge on any atom is -0.325 e. The highest BCUT2D eigenvalue weighted by molar-refractivity contribution is 9.10. The lowest BCUT2D eigenvalue weighted by atomic mass is 9.80. The van der Waals surface area contributed by atoms with Crippen molar-refractivity contribution in [2.75, 3.05) is 5.32 Å². The second-order valence-corrected chi connectivity index (χ2v) is 6.25. The largest absolute Gasteiger partial charge is 0.325 e. The summed E-state index contributed by atoms with van der Waals surface area (Å²) in [6, 6.07) is 1.84. The molecule has 1 aliphatic rings. The van der Waals surface area contributed by atoms with Gasteiger partial charge in [0, 0.05) is 22.5 Å². The number of nitrogens with two attached hydrogens (primary N) is 1. The first kappa shape index (κ1) is 15.4. The zero-order chi connectivity index (χ0) is 14.8. The zero-order valence-electron chi connectivity index (χ0n) is 11.0. The SMILES string of the molecule is NC1(CC(=O)Nc2c(F)cc(F)cc2Br)CCCCC1. The number of carbonyl (C=O) groups excluding carboxylic acids is 1. The summed E-state index contributed by atoms with van der Waals surface area (Å²) in [4.78, 5) is 12.0. The molecule has 0 radical (unpaired) electrons. The molecular weight excluding hydrogens is 330 g/mol. The predicted molar refractivity (Wildman–Crippen MR) is 77.3 cm³/mol. The van der Waals surface area contributed by atoms with Crippen LogP contribution in [0.25, 0.3) is 0 Å². The standard InChI is InChI=1S/C14H17BrF2N2O/c15-10-6-9(16)7-11(17)13(10)19-12(20)8-14(18)4-2-1-3-5-14/h6-7H,1-5,8,18H2,(H,19,20). The Morgan fingerprint density at radius 1 is 1.30 bits per heavy atom. The number of hydrogen-bond acceptors (Lipinski definition) is 2. The van der Waals surface area contributed by atoms with E-state index in [-0.39, 0.29) is 22.5 Å². The summed E-state index contributed by atoms with van der Waals surface area (Å²) in [6.07, 6.45) is 4.91. The van der Waals surface area contributed by atoms with Crippen LogP contribution in [-0.2, 0) is 4.79 Å². The van der Waals surface area contributed by atoms with E-state index in [0.717, 1.165) is 44.2 Å². The van der Waals surface area contributed by atoms with E-state index in [0.29, 0.717) is 0 Å². The molecule has 20 heavy (non-hydrogen) atoms. The smallest absolute Gasteiger partial charge is 0.226 e. The van der Waals surface area contributed by atoms with Crippen molar-refractivity contribution in [3.8, 4) is 0 Å². The predicted octanol–water partition coefficient (Wildman–Crippen LogP) is 3.72. The highest BCUT2D eigenvalue weighted by atomic mass is 79.9. The van der Waals surface area contributed by atoms with Crippen LogP contribution in [0.1, 0.15) is 38.5 Å². The molecule has 1 aromatic rings. The normalized spacial score (nSPS) is 17.8. The van der Waals surface area contributed by atoms with Gasteiger partial charge < -0.3 is 11.1 Å². The van der Waals surface area contributed by atoms with Crippen LogP contribution in [0.5, 0.6) is 0 Å². The van der Waals surface area contributed by atoms with Crippen LogP contribution in [0, 0.1) is 11.6 Å². The molecule has 0 atom stereocenters. The van der Waals surface area contributed by atoms with Gasteiger partial charge in [-0.15, -0.1) is 0 Å². The van der Waals surface area contributed by atoms with Crippen LogP contribution < -0.4 is 11.1 Å². The number of anilines is 1. The zero-order valence-corrected chi connectivity index (χ0v) is 12.6. The van der Waals surface area contributed by atoms with Crippen LogP contribution in [0.4, 0.5) is 14.5 Å². The van der Waals surface area contributed by atoms with Crippen molar-refractivity contribution < 1.29 is 13.6 Å². The molecular formula is C14H17BrF2N2O. The van der Waals surface area contributed by atoms with E-state index in [9.17, 15) is 13.6 Å². The quantitative estimate of drug-likeness (QED) is 0.876. The Bertz CT molecular complexity index is 493. The fourth-order valence-corrected chi connectivity index (χ4v) is 3.10. The molecule has 1 fully saturated rings. The molecule has 0 heterocycles. The summed E-state index contributed by atoms with van der Waals surface area (Å²) in [7, 11) is 0. The Kier molecular flexibility index (Phi) is 4.75. The van der Waals surface area contributed by atoms with Crippen LogP contribution in [0.15, 0.2) is 16.6 Å². The second-order valence-electron chi connectivity index (χ2n) is 5.39. The van der Waals surface area contributed by atoms with Crippen molar-refractivity contribution in [3.05, 3.63) is 28.2 Å². The maximum absolute atomic E-state index is 13.6. The Morgan fingerprint density at radius 3 is 2.55 bits per heavy atom. The van der Waals surface area contributed by atoms with Crippen molar-refractivity contribution in [3.63, 3.8) is 0 Å². The average Bonchev–Trinajstić information content (AvgIpc) is 2.34. The number of nitrogens with one attached hydrogen (secondary N) is 1. The fourth-order valence-electron chi connectivity index (χ4n) is 2.60. The van der Waals surface area contributed by atoms with E-state index < -0.39 is 17.2 Å². The van der Waals surface area contributed by atoms with E-state index in [1.165, 1.54) is 0 Å². The summed E-state index contributed by atoms with van der Waals surface area (Å²) < 4.78 is 26.8. The Labute approximate surface area is 125 Å². The van der Waals surface area contributed by atoms with Crippen molar-refractivity contribution in [1.29, 1.82) is 0 Å². The molecule has 0 saturated heterocycles. The molecule has 3 nitrogen and oxygen atoms in total. The number of benzene rings is 1. The van der Waals surface area contributed by atoms with Gasteiger partial charge in [-0.3, -0.25) is 4.79 Å². The number of amides is 1. The fraction of sp³-hybridized carbons (Fsp3) is 0.500. The summed E-state index contributed by atoms with van der Waals surface area (Å²) in [5, 5.41) is 2.47. The second kappa shape index (κ2) is 6.18. The summed E-state index contributed by atoms with van der Waals surface area (Å²) in [5.41, 5.74) is 5.63. The van der Waals surface area contributed by atoms with Gasteiger partial charge in [0.15, 0.2) is 5.82 Å². The maximum atomic E-state index is 13.6. The van der Waals surface area contributed by atoms with E-state index in [2.05, 4.69) is 21.2 Å². The van der Waals surface area contributed by atoms with Gasteiger partial charge in [0.2, 0.25) is 5.91 Å². The number of carbonyl (C=O) groups is 1. The molecule has 0 spiro atoms. The van der Waals surface area contributed by atoms with Crippen molar-refractivity contribution in [2.45, 2.75) is 44.1 Å². The van der Waals surface area contributed by atoms with Crippen molar-refractivity contribution >= 4 is 27.5 Å². The average molecular weight is 347 g/mol. The lowest BCUT2D eigenvalue weighted by Gasteiger charge is -2.32. The van der Waals surface area contributed by atoms with Gasteiger partial charge in [0.25, 0.3) is 0 Å². The maximum Gasteiger partial charge on any atom is 0.226 e. The van der Waals surface area contributed by atoms with E-state index >= 15 is 0 Å². The molecule has 2 rings (SSSR count). The van der Waals surface area contributed by atoms with Gasteiger partial charge in [-0.05, 0) is 34.8 Å². The van der Waals surface area contributed by atoms with Crippen LogP contribution in [0.3, 0.4) is 0 Å². The van der Waals surface area contributed by atoms with E-state index in [1.807, 2.05) is 0 Å². The van der Waals surface area contributed by atoms with Crippen molar-refractivity contribution in [2.24, 2.45) is 5.73 Å². The van der Waals surface area contributed by atoms with E-state index in [4.69, 9.17) is 5.73 Å². The number of rotatable bonds is 3. The Balaban J connectivity index is 2.05. The summed E-state index contributed by atoms with van der Waals surface area (Å²) in [5.74, 6) is -1.85. The van der Waals surface area contributed by atoms with Crippen molar-refractivity contribution in [1.82, 2.24) is 0 Å². The van der Waals surface area contributed by atoms with Crippen LogP contribution in [-0.4, -0.2) is 11.4 Å². The summed E-state index contributed by atoms with van der Waals surface area (Å²) in [6.45, 7) is 0. The molecule has 1 amide bonds. The first-order valence-corrected chi connectivity index (χ1v) is 7.42. The molecule has 0 bridgehead atoms. The van der Waals surface area contributed by atoms with E-state index in [1.54, 1.807) is 0 Å².